The number of likely N-dealkylation sites (tertiary alicyclic amines) is 1. The molecule has 0 spiro atoms. The first-order valence-corrected chi connectivity index (χ1v) is 11.7. The number of halogens is 5. The third-order valence-corrected chi connectivity index (χ3v) is 6.81. The molecule has 0 bridgehead atoms. The number of hydrogen-bond donors (Lipinski definition) is 0. The van der Waals surface area contributed by atoms with Gasteiger partial charge in [0.05, 0.1) is 5.56 Å². The molecule has 1 aromatic carbocycles. The fourth-order valence-electron chi connectivity index (χ4n) is 4.93. The van der Waals surface area contributed by atoms with E-state index in [1.54, 1.807) is 23.1 Å². The van der Waals surface area contributed by atoms with Crippen LogP contribution in [0.5, 0.6) is 0 Å². The molecule has 0 atom stereocenters. The smallest absolute Gasteiger partial charge is 0.337 e. The third-order valence-electron chi connectivity index (χ3n) is 6.81. The number of nitrogens with zero attached hydrogens (tertiary/aromatic N) is 4. The van der Waals surface area contributed by atoms with Crippen LogP contribution in [0.15, 0.2) is 52.7 Å². The van der Waals surface area contributed by atoms with E-state index in [1.807, 2.05) is 6.92 Å². The van der Waals surface area contributed by atoms with Crippen molar-refractivity contribution in [3.05, 3.63) is 76.1 Å². The van der Waals surface area contributed by atoms with Crippen LogP contribution in [0, 0.1) is 11.6 Å². The van der Waals surface area contributed by atoms with Gasteiger partial charge in [0, 0.05) is 45.0 Å². The van der Waals surface area contributed by atoms with Crippen LogP contribution in [-0.2, 0) is 11.0 Å². The standard InChI is InChI=1S/C26H25F5N4O2/c1-15-13-35(24(36)20-5-3-4-10-33-20)14-18(15)23(32-2)25(37)34-11-8-16(9-12-34)17-6-7-19(27)22(28)21(17)26(29,30)31/h3-7,10,16H,8-9,11-14H2,1-2H3/b32-23+. The first-order chi connectivity index (χ1) is 17.5. The minimum atomic E-state index is -5.04. The molecule has 196 valence electrons. The molecule has 37 heavy (non-hydrogen) atoms. The molecule has 0 radical (unpaired) electrons. The largest absolute Gasteiger partial charge is 0.419 e. The molecule has 1 saturated heterocycles. The second kappa shape index (κ2) is 10.4. The number of amides is 2. The second-order valence-electron chi connectivity index (χ2n) is 9.10. The number of hydrogen-bond acceptors (Lipinski definition) is 4. The van der Waals surface area contributed by atoms with Crippen LogP contribution in [0.2, 0.25) is 0 Å². The summed E-state index contributed by atoms with van der Waals surface area (Å²) in [5.41, 5.74) is 0.0217. The van der Waals surface area contributed by atoms with Crippen molar-refractivity contribution in [3.8, 4) is 0 Å². The zero-order valence-corrected chi connectivity index (χ0v) is 20.3. The Kier molecular flexibility index (Phi) is 7.42. The van der Waals surface area contributed by atoms with Crippen LogP contribution in [-0.4, -0.2) is 65.5 Å². The number of carbonyl (C=O) groups excluding carboxylic acids is 2. The molecular formula is C26H25F5N4O2. The van der Waals surface area contributed by atoms with E-state index < -0.39 is 29.3 Å². The molecule has 2 aliphatic heterocycles. The predicted molar refractivity (Wildman–Crippen MR) is 126 cm³/mol. The zero-order chi connectivity index (χ0) is 26.9. The Morgan fingerprint density at radius 2 is 1.73 bits per heavy atom. The van der Waals surface area contributed by atoms with Gasteiger partial charge in [0.2, 0.25) is 0 Å². The van der Waals surface area contributed by atoms with Gasteiger partial charge < -0.3 is 9.80 Å². The van der Waals surface area contributed by atoms with Gasteiger partial charge in [0.15, 0.2) is 11.6 Å². The molecule has 2 aliphatic rings. The number of carbonyl (C=O) groups is 2. The van der Waals surface area contributed by atoms with Crippen molar-refractivity contribution in [3.63, 3.8) is 0 Å². The molecule has 1 fully saturated rings. The highest BCUT2D eigenvalue weighted by Gasteiger charge is 2.41. The van der Waals surface area contributed by atoms with E-state index in [9.17, 15) is 31.5 Å². The van der Waals surface area contributed by atoms with Gasteiger partial charge in [-0.3, -0.25) is 19.6 Å². The summed E-state index contributed by atoms with van der Waals surface area (Å²) in [5, 5.41) is 0. The van der Waals surface area contributed by atoms with Gasteiger partial charge in [-0.15, -0.1) is 0 Å². The van der Waals surface area contributed by atoms with E-state index in [0.717, 1.165) is 11.6 Å². The minimum Gasteiger partial charge on any atom is -0.337 e. The highest BCUT2D eigenvalue weighted by molar-refractivity contribution is 6.45. The molecule has 4 rings (SSSR count). The Hall–Kier alpha value is -3.63. The number of pyridine rings is 1. The topological polar surface area (TPSA) is 65.9 Å². The van der Waals surface area contributed by atoms with Crippen LogP contribution < -0.4 is 0 Å². The lowest BCUT2D eigenvalue weighted by atomic mass is 9.85. The Morgan fingerprint density at radius 3 is 2.32 bits per heavy atom. The highest BCUT2D eigenvalue weighted by atomic mass is 19.4. The number of alkyl halides is 3. The van der Waals surface area contributed by atoms with Crippen LogP contribution >= 0.6 is 0 Å². The summed E-state index contributed by atoms with van der Waals surface area (Å²) in [5.74, 6) is -4.80. The monoisotopic (exact) mass is 520 g/mol. The van der Waals surface area contributed by atoms with Crippen LogP contribution in [0.1, 0.15) is 47.3 Å². The lowest BCUT2D eigenvalue weighted by Crippen LogP contribution is -2.43. The van der Waals surface area contributed by atoms with Gasteiger partial charge in [0.1, 0.15) is 11.4 Å². The Labute approximate surface area is 210 Å². The molecule has 3 heterocycles. The summed E-state index contributed by atoms with van der Waals surface area (Å²) in [4.78, 5) is 37.5. The maximum Gasteiger partial charge on any atom is 0.419 e. The van der Waals surface area contributed by atoms with Gasteiger partial charge >= 0.3 is 6.18 Å². The molecule has 1 aromatic heterocycles. The number of benzene rings is 1. The van der Waals surface area contributed by atoms with Crippen molar-refractivity contribution in [2.24, 2.45) is 4.99 Å². The number of aliphatic imine (C=N–C) groups is 1. The molecule has 0 aliphatic carbocycles. The number of rotatable bonds is 4. The minimum absolute atomic E-state index is 0.127. The zero-order valence-electron chi connectivity index (χ0n) is 20.3. The Morgan fingerprint density at radius 1 is 1.03 bits per heavy atom. The summed E-state index contributed by atoms with van der Waals surface area (Å²) in [6.07, 6.45) is -3.21. The summed E-state index contributed by atoms with van der Waals surface area (Å²) >= 11 is 0. The molecule has 0 unspecified atom stereocenters. The van der Waals surface area contributed by atoms with Gasteiger partial charge in [-0.25, -0.2) is 8.78 Å². The van der Waals surface area contributed by atoms with E-state index in [1.165, 1.54) is 18.1 Å². The molecular weight excluding hydrogens is 495 g/mol. The van der Waals surface area contributed by atoms with Crippen molar-refractivity contribution in [2.45, 2.75) is 31.9 Å². The summed E-state index contributed by atoms with van der Waals surface area (Å²) in [6.45, 7) is 2.56. The number of piperidine rings is 1. The average molecular weight is 521 g/mol. The molecule has 6 nitrogen and oxygen atoms in total. The predicted octanol–water partition coefficient (Wildman–Crippen LogP) is 4.63. The van der Waals surface area contributed by atoms with E-state index in [4.69, 9.17) is 0 Å². The van der Waals surface area contributed by atoms with E-state index in [2.05, 4.69) is 9.98 Å². The third kappa shape index (κ3) is 5.26. The average Bonchev–Trinajstić information content (AvgIpc) is 3.26. The lowest BCUT2D eigenvalue weighted by Gasteiger charge is -2.33. The van der Waals surface area contributed by atoms with E-state index in [0.29, 0.717) is 18.2 Å². The fourth-order valence-corrected chi connectivity index (χ4v) is 4.93. The SMILES string of the molecule is C/N=C(/C(=O)N1CCC(c2ccc(F)c(F)c2C(F)(F)F)CC1)C1=C(C)CN(C(=O)c2ccccn2)C1. The fraction of sp³-hybridized carbons (Fsp3) is 0.385. The summed E-state index contributed by atoms with van der Waals surface area (Å²) in [7, 11) is 1.47. The van der Waals surface area contributed by atoms with Crippen LogP contribution in [0.3, 0.4) is 0 Å². The Balaban J connectivity index is 1.46. The normalized spacial score (nSPS) is 17.5. The van der Waals surface area contributed by atoms with Crippen molar-refractivity contribution < 1.29 is 31.5 Å². The number of aromatic nitrogens is 1. The van der Waals surface area contributed by atoms with Crippen LogP contribution in [0.25, 0.3) is 0 Å². The molecule has 0 saturated carbocycles. The van der Waals surface area contributed by atoms with Gasteiger partial charge in [-0.1, -0.05) is 12.1 Å². The molecule has 11 heteroatoms. The second-order valence-corrected chi connectivity index (χ2v) is 9.10. The molecule has 2 amide bonds. The maximum atomic E-state index is 14.1. The molecule has 2 aromatic rings. The van der Waals surface area contributed by atoms with Crippen molar-refractivity contribution >= 4 is 17.5 Å². The van der Waals surface area contributed by atoms with E-state index in [-0.39, 0.29) is 61.3 Å². The lowest BCUT2D eigenvalue weighted by molar-refractivity contribution is -0.141. The maximum absolute atomic E-state index is 14.1. The van der Waals surface area contributed by atoms with E-state index >= 15 is 0 Å². The summed E-state index contributed by atoms with van der Waals surface area (Å²) in [6, 6.07) is 6.70. The first kappa shape index (κ1) is 26.4. The van der Waals surface area contributed by atoms with Crippen molar-refractivity contribution in [1.29, 1.82) is 0 Å². The quantitative estimate of drug-likeness (QED) is 0.436. The van der Waals surface area contributed by atoms with Crippen molar-refractivity contribution in [1.82, 2.24) is 14.8 Å². The van der Waals surface area contributed by atoms with Crippen LogP contribution in [0.4, 0.5) is 22.0 Å². The van der Waals surface area contributed by atoms with Gasteiger partial charge in [-0.2, -0.15) is 13.2 Å². The molecule has 0 N–H and O–H groups in total. The Bertz CT molecular complexity index is 1270. The van der Waals surface area contributed by atoms with Crippen molar-refractivity contribution in [2.75, 3.05) is 33.2 Å². The first-order valence-electron chi connectivity index (χ1n) is 11.7. The summed E-state index contributed by atoms with van der Waals surface area (Å²) < 4.78 is 68.0. The highest BCUT2D eigenvalue weighted by Crippen LogP contribution is 2.41. The van der Waals surface area contributed by atoms with Gasteiger partial charge in [0.25, 0.3) is 11.8 Å². The van der Waals surface area contributed by atoms with Gasteiger partial charge in [-0.05, 0) is 55.0 Å².